The molecule has 0 fully saturated rings. The Bertz CT molecular complexity index is 715. The average Bonchev–Trinajstić information content (AvgIpc) is 2.57. The second kappa shape index (κ2) is 7.96. The van der Waals surface area contributed by atoms with Crippen LogP contribution in [0.25, 0.3) is 0 Å². The van der Waals surface area contributed by atoms with Gasteiger partial charge in [0.25, 0.3) is 5.91 Å². The van der Waals surface area contributed by atoms with Gasteiger partial charge in [0, 0.05) is 17.8 Å². The largest absolute Gasteiger partial charge is 0.618 e. The first-order valence-corrected chi connectivity index (χ1v) is 7.44. The van der Waals surface area contributed by atoms with Crippen LogP contribution in [0.15, 0.2) is 48.7 Å². The maximum absolute atomic E-state index is 12.1. The summed E-state index contributed by atoms with van der Waals surface area (Å²) in [6.07, 6.45) is 0.130. The lowest BCUT2D eigenvalue weighted by Gasteiger charge is -2.13. The maximum atomic E-state index is 12.1. The van der Waals surface area contributed by atoms with Crippen LogP contribution in [0.2, 0.25) is 0 Å². The van der Waals surface area contributed by atoms with Gasteiger partial charge < -0.3 is 20.0 Å². The quantitative estimate of drug-likeness (QED) is 0.496. The Morgan fingerprint density at radius 3 is 2.54 bits per heavy atom. The predicted molar refractivity (Wildman–Crippen MR) is 86.5 cm³/mol. The van der Waals surface area contributed by atoms with Crippen molar-refractivity contribution in [1.82, 2.24) is 0 Å². The van der Waals surface area contributed by atoms with Gasteiger partial charge in [-0.3, -0.25) is 4.79 Å². The van der Waals surface area contributed by atoms with Crippen LogP contribution < -0.4 is 14.8 Å². The molecule has 1 aromatic carbocycles. The minimum atomic E-state index is -1.05. The van der Waals surface area contributed by atoms with Crippen molar-refractivity contribution in [2.45, 2.75) is 20.0 Å². The molecule has 1 N–H and O–H groups in total. The number of nitrogens with one attached hydrogen (secondary N) is 1. The molecule has 0 bridgehead atoms. The third kappa shape index (κ3) is 4.45. The highest BCUT2D eigenvalue weighted by atomic mass is 16.6. The van der Waals surface area contributed by atoms with E-state index in [9.17, 15) is 14.8 Å². The predicted octanol–water partition coefficient (Wildman–Crippen LogP) is 1.90. The van der Waals surface area contributed by atoms with E-state index in [1.54, 1.807) is 24.3 Å². The molecule has 0 spiro atoms. The fraction of sp³-hybridized carbons (Fsp3) is 0.235. The summed E-state index contributed by atoms with van der Waals surface area (Å²) in [5.41, 5.74) is 0.364. The number of aromatic nitrogens is 1. The first-order valence-electron chi connectivity index (χ1n) is 7.44. The van der Waals surface area contributed by atoms with E-state index in [-0.39, 0.29) is 5.69 Å². The fourth-order valence-corrected chi connectivity index (χ4v) is 1.91. The highest BCUT2D eigenvalue weighted by Crippen LogP contribution is 2.16. The summed E-state index contributed by atoms with van der Waals surface area (Å²) in [5, 5.41) is 14.1. The van der Waals surface area contributed by atoms with Crippen LogP contribution in [0, 0.1) is 5.21 Å². The van der Waals surface area contributed by atoms with Crippen LogP contribution >= 0.6 is 0 Å². The van der Waals surface area contributed by atoms with E-state index in [1.165, 1.54) is 31.3 Å². The number of carbonyl (C=O) groups is 2. The molecule has 0 aliphatic heterocycles. The van der Waals surface area contributed by atoms with Crippen LogP contribution in [-0.2, 0) is 9.53 Å². The first-order chi connectivity index (χ1) is 11.5. The van der Waals surface area contributed by atoms with Gasteiger partial charge >= 0.3 is 11.7 Å². The summed E-state index contributed by atoms with van der Waals surface area (Å²) in [6, 6.07) is 11.2. The van der Waals surface area contributed by atoms with Crippen LogP contribution in [-0.4, -0.2) is 24.6 Å². The van der Waals surface area contributed by atoms with E-state index in [0.29, 0.717) is 22.8 Å². The second-order valence-corrected chi connectivity index (χ2v) is 4.91. The number of carbonyl (C=O) groups excluding carboxylic acids is 2. The molecule has 0 aliphatic rings. The van der Waals surface area contributed by atoms with E-state index < -0.39 is 18.0 Å². The standard InChI is InChI=1S/C17H18N2O5/c1-3-23-14-9-7-13(8-10-14)18-16(20)12(2)24-17(21)15-6-4-5-11-19(15)22/h4-12H,3H2,1-2H3,(H,18,20)/t12-/m1/s1. The Balaban J connectivity index is 1.94. The number of esters is 1. The lowest BCUT2D eigenvalue weighted by molar-refractivity contribution is -0.608. The van der Waals surface area contributed by atoms with Crippen molar-refractivity contribution in [1.29, 1.82) is 0 Å². The summed E-state index contributed by atoms with van der Waals surface area (Å²) >= 11 is 0. The Morgan fingerprint density at radius 2 is 1.92 bits per heavy atom. The van der Waals surface area contributed by atoms with Crippen molar-refractivity contribution in [2.24, 2.45) is 0 Å². The van der Waals surface area contributed by atoms with Crippen LogP contribution in [0.5, 0.6) is 5.75 Å². The van der Waals surface area contributed by atoms with Crippen molar-refractivity contribution in [3.63, 3.8) is 0 Å². The first kappa shape index (κ1) is 17.3. The van der Waals surface area contributed by atoms with Crippen molar-refractivity contribution in [3.8, 4) is 5.75 Å². The molecule has 0 saturated carbocycles. The summed E-state index contributed by atoms with van der Waals surface area (Å²) in [5.74, 6) is -0.667. The molecule has 0 unspecified atom stereocenters. The third-order valence-electron chi connectivity index (χ3n) is 3.12. The summed E-state index contributed by atoms with van der Waals surface area (Å²) in [4.78, 5) is 24.0. The topological polar surface area (TPSA) is 91.6 Å². The maximum Gasteiger partial charge on any atom is 0.405 e. The minimum Gasteiger partial charge on any atom is -0.618 e. The average molecular weight is 330 g/mol. The monoisotopic (exact) mass is 330 g/mol. The molecular formula is C17H18N2O5. The number of benzene rings is 1. The highest BCUT2D eigenvalue weighted by molar-refractivity contribution is 5.96. The van der Waals surface area contributed by atoms with Crippen LogP contribution in [0.3, 0.4) is 0 Å². The van der Waals surface area contributed by atoms with Crippen LogP contribution in [0.1, 0.15) is 24.3 Å². The summed E-state index contributed by atoms with van der Waals surface area (Å²) in [6.45, 7) is 3.86. The zero-order valence-electron chi connectivity index (χ0n) is 13.4. The molecule has 2 rings (SSSR count). The smallest absolute Gasteiger partial charge is 0.405 e. The molecule has 0 saturated heterocycles. The van der Waals surface area contributed by atoms with Crippen molar-refractivity contribution >= 4 is 17.6 Å². The SMILES string of the molecule is CCOc1ccc(NC(=O)[C@@H](C)OC(=O)c2cccc[n+]2[O-])cc1. The van der Waals surface area contributed by atoms with Crippen molar-refractivity contribution < 1.29 is 23.8 Å². The Hall–Kier alpha value is -3.09. The Morgan fingerprint density at radius 1 is 1.21 bits per heavy atom. The number of amides is 1. The summed E-state index contributed by atoms with van der Waals surface area (Å²) < 4.78 is 10.7. The zero-order valence-corrected chi connectivity index (χ0v) is 13.4. The van der Waals surface area contributed by atoms with Crippen LogP contribution in [0.4, 0.5) is 5.69 Å². The van der Waals surface area contributed by atoms with Gasteiger partial charge in [0.2, 0.25) is 0 Å². The Kier molecular flexibility index (Phi) is 5.73. The number of ether oxygens (including phenoxy) is 2. The summed E-state index contributed by atoms with van der Waals surface area (Å²) in [7, 11) is 0. The molecular weight excluding hydrogens is 312 g/mol. The number of hydrogen-bond acceptors (Lipinski definition) is 5. The van der Waals surface area contributed by atoms with Crippen molar-refractivity contribution in [3.05, 3.63) is 59.6 Å². The van der Waals surface area contributed by atoms with Gasteiger partial charge in [0.1, 0.15) is 5.75 Å². The lowest BCUT2D eigenvalue weighted by Crippen LogP contribution is -2.37. The van der Waals surface area contributed by atoms with Gasteiger partial charge in [-0.1, -0.05) is 0 Å². The second-order valence-electron chi connectivity index (χ2n) is 4.91. The number of anilines is 1. The molecule has 2 aromatic rings. The number of hydrogen-bond donors (Lipinski definition) is 1. The fourth-order valence-electron chi connectivity index (χ4n) is 1.91. The van der Waals surface area contributed by atoms with Gasteiger partial charge in [-0.25, -0.2) is 4.79 Å². The molecule has 0 aliphatic carbocycles. The highest BCUT2D eigenvalue weighted by Gasteiger charge is 2.23. The molecule has 7 heteroatoms. The molecule has 24 heavy (non-hydrogen) atoms. The third-order valence-corrected chi connectivity index (χ3v) is 3.12. The normalized spacial score (nSPS) is 11.4. The van der Waals surface area contributed by atoms with Crippen molar-refractivity contribution in [2.75, 3.05) is 11.9 Å². The van der Waals surface area contributed by atoms with E-state index in [4.69, 9.17) is 9.47 Å². The molecule has 1 aromatic heterocycles. The van der Waals surface area contributed by atoms with Gasteiger partial charge in [-0.2, -0.15) is 4.73 Å². The van der Waals surface area contributed by atoms with Gasteiger partial charge in [-0.15, -0.1) is 0 Å². The molecule has 1 atom stereocenters. The molecule has 1 heterocycles. The van der Waals surface area contributed by atoms with E-state index in [0.717, 1.165) is 0 Å². The molecule has 0 radical (unpaired) electrons. The molecule has 7 nitrogen and oxygen atoms in total. The Labute approximate surface area is 139 Å². The number of nitrogens with zero attached hydrogens (tertiary/aromatic N) is 1. The number of pyridine rings is 1. The van der Waals surface area contributed by atoms with Gasteiger partial charge in [-0.05, 0) is 44.2 Å². The van der Waals surface area contributed by atoms with Gasteiger partial charge in [0.15, 0.2) is 12.3 Å². The molecule has 126 valence electrons. The minimum absolute atomic E-state index is 0.182. The number of rotatable bonds is 6. The zero-order chi connectivity index (χ0) is 17.5. The lowest BCUT2D eigenvalue weighted by atomic mass is 10.3. The van der Waals surface area contributed by atoms with E-state index in [2.05, 4.69) is 5.32 Å². The molecule has 1 amide bonds. The van der Waals surface area contributed by atoms with Gasteiger partial charge in [0.05, 0.1) is 6.61 Å². The van der Waals surface area contributed by atoms with E-state index >= 15 is 0 Å². The van der Waals surface area contributed by atoms with E-state index in [1.807, 2.05) is 6.92 Å².